The van der Waals surface area contributed by atoms with E-state index in [0.717, 1.165) is 23.5 Å². The van der Waals surface area contributed by atoms with Crippen LogP contribution in [-0.2, 0) is 11.9 Å². The molecule has 0 saturated heterocycles. The lowest BCUT2D eigenvalue weighted by molar-refractivity contribution is -0.138. The molecule has 0 aliphatic rings. The lowest BCUT2D eigenvalue weighted by Gasteiger charge is -2.13. The molecule has 0 saturated carbocycles. The Labute approximate surface area is 174 Å². The van der Waals surface area contributed by atoms with Crippen LogP contribution in [0.1, 0.15) is 11.1 Å². The maximum Gasteiger partial charge on any atom is 0.416 e. The van der Waals surface area contributed by atoms with Gasteiger partial charge < -0.3 is 0 Å². The maximum atomic E-state index is 13.3. The number of thioether (sulfide) groups is 1. The van der Waals surface area contributed by atoms with Gasteiger partial charge in [0.2, 0.25) is 0 Å². The van der Waals surface area contributed by atoms with Crippen molar-refractivity contribution in [2.24, 2.45) is 0 Å². The van der Waals surface area contributed by atoms with E-state index < -0.39 is 11.7 Å². The van der Waals surface area contributed by atoms with Gasteiger partial charge in [0, 0.05) is 17.0 Å². The Balaban J connectivity index is 1.72. The van der Waals surface area contributed by atoms with Crippen LogP contribution in [0.4, 0.5) is 17.6 Å². The van der Waals surface area contributed by atoms with Crippen molar-refractivity contribution < 1.29 is 17.6 Å². The molecule has 1 aromatic heterocycles. The van der Waals surface area contributed by atoms with E-state index in [1.54, 1.807) is 22.8 Å². The average Bonchev–Trinajstić information content (AvgIpc) is 3.17. The van der Waals surface area contributed by atoms with Crippen LogP contribution in [0.2, 0.25) is 0 Å². The summed E-state index contributed by atoms with van der Waals surface area (Å²) < 4.78 is 55.0. The van der Waals surface area contributed by atoms with Crippen LogP contribution in [0.25, 0.3) is 17.1 Å². The maximum absolute atomic E-state index is 13.3. The van der Waals surface area contributed by atoms with E-state index >= 15 is 0 Å². The van der Waals surface area contributed by atoms with Gasteiger partial charge in [-0.15, -0.1) is 10.2 Å². The standard InChI is InChI=1S/C22H15F4N3S/c23-17-12-10-15(11-13-17)20-27-28-21(29(20)18-7-2-1-3-8-18)30-14-16-6-4-5-9-19(16)22(24,25)26/h1-13H,14H2. The molecule has 0 N–H and O–H groups in total. The fourth-order valence-electron chi connectivity index (χ4n) is 3.02. The summed E-state index contributed by atoms with van der Waals surface area (Å²) in [6.07, 6.45) is -4.43. The summed E-state index contributed by atoms with van der Waals surface area (Å²) in [5.74, 6) is 0.181. The molecular weight excluding hydrogens is 414 g/mol. The number of hydrogen-bond donors (Lipinski definition) is 0. The smallest absolute Gasteiger partial charge is 0.270 e. The van der Waals surface area contributed by atoms with Gasteiger partial charge in [0.1, 0.15) is 5.82 Å². The van der Waals surface area contributed by atoms with E-state index in [-0.39, 0.29) is 17.1 Å². The van der Waals surface area contributed by atoms with Crippen LogP contribution < -0.4 is 0 Å². The highest BCUT2D eigenvalue weighted by atomic mass is 32.2. The minimum Gasteiger partial charge on any atom is -0.270 e. The summed E-state index contributed by atoms with van der Waals surface area (Å²) >= 11 is 1.16. The molecule has 0 atom stereocenters. The zero-order valence-corrected chi connectivity index (χ0v) is 16.3. The Morgan fingerprint density at radius 3 is 2.17 bits per heavy atom. The zero-order chi connectivity index (χ0) is 21.1. The first kappa shape index (κ1) is 20.2. The second kappa shape index (κ2) is 8.31. The number of hydrogen-bond acceptors (Lipinski definition) is 3. The van der Waals surface area contributed by atoms with Crippen LogP contribution in [-0.4, -0.2) is 14.8 Å². The third kappa shape index (κ3) is 4.23. The van der Waals surface area contributed by atoms with Gasteiger partial charge in [-0.05, 0) is 48.0 Å². The highest BCUT2D eigenvalue weighted by molar-refractivity contribution is 7.98. The zero-order valence-electron chi connectivity index (χ0n) is 15.5. The number of aromatic nitrogens is 3. The fourth-order valence-corrected chi connectivity index (χ4v) is 3.98. The molecule has 0 radical (unpaired) electrons. The van der Waals surface area contributed by atoms with Crippen molar-refractivity contribution in [1.82, 2.24) is 14.8 Å². The van der Waals surface area contributed by atoms with Crippen molar-refractivity contribution in [1.29, 1.82) is 0 Å². The first-order valence-electron chi connectivity index (χ1n) is 8.98. The van der Waals surface area contributed by atoms with E-state index in [1.807, 2.05) is 30.3 Å². The molecule has 8 heteroatoms. The van der Waals surface area contributed by atoms with Gasteiger partial charge in [0.25, 0.3) is 0 Å². The van der Waals surface area contributed by atoms with Crippen molar-refractivity contribution in [3.63, 3.8) is 0 Å². The van der Waals surface area contributed by atoms with Gasteiger partial charge in [-0.3, -0.25) is 4.57 Å². The number of rotatable bonds is 5. The average molecular weight is 429 g/mol. The third-order valence-electron chi connectivity index (χ3n) is 4.43. The van der Waals surface area contributed by atoms with Crippen molar-refractivity contribution in [3.8, 4) is 17.1 Å². The molecule has 4 rings (SSSR count). The number of halogens is 4. The number of alkyl halides is 3. The van der Waals surface area contributed by atoms with Crippen LogP contribution in [0.5, 0.6) is 0 Å². The topological polar surface area (TPSA) is 30.7 Å². The highest BCUT2D eigenvalue weighted by Crippen LogP contribution is 2.35. The minimum atomic E-state index is -4.43. The van der Waals surface area contributed by atoms with Gasteiger partial charge in [-0.1, -0.05) is 48.2 Å². The predicted molar refractivity (Wildman–Crippen MR) is 108 cm³/mol. The summed E-state index contributed by atoms with van der Waals surface area (Å²) in [4.78, 5) is 0. The van der Waals surface area contributed by atoms with Crippen LogP contribution >= 0.6 is 11.8 Å². The molecule has 0 aliphatic heterocycles. The van der Waals surface area contributed by atoms with E-state index in [4.69, 9.17) is 0 Å². The summed E-state index contributed by atoms with van der Waals surface area (Å²) in [5.41, 5.74) is 0.909. The van der Waals surface area contributed by atoms with Crippen LogP contribution in [0.15, 0.2) is 84.0 Å². The molecule has 0 unspecified atom stereocenters. The summed E-state index contributed by atoms with van der Waals surface area (Å²) in [7, 11) is 0. The highest BCUT2D eigenvalue weighted by Gasteiger charge is 2.33. The Morgan fingerprint density at radius 2 is 1.47 bits per heavy atom. The largest absolute Gasteiger partial charge is 0.416 e. The van der Waals surface area contributed by atoms with Gasteiger partial charge in [0.15, 0.2) is 11.0 Å². The molecule has 4 aromatic rings. The monoisotopic (exact) mass is 429 g/mol. The van der Waals surface area contributed by atoms with Gasteiger partial charge in [0.05, 0.1) is 5.56 Å². The van der Waals surface area contributed by atoms with Gasteiger partial charge in [-0.25, -0.2) is 4.39 Å². The molecule has 0 bridgehead atoms. The Hall–Kier alpha value is -3.13. The third-order valence-corrected chi connectivity index (χ3v) is 5.41. The van der Waals surface area contributed by atoms with E-state index in [0.29, 0.717) is 16.5 Å². The quantitative estimate of drug-likeness (QED) is 0.272. The van der Waals surface area contributed by atoms with E-state index in [2.05, 4.69) is 10.2 Å². The molecule has 1 heterocycles. The SMILES string of the molecule is Fc1ccc(-c2nnc(SCc3ccccc3C(F)(F)F)n2-c2ccccc2)cc1. The van der Waals surface area contributed by atoms with Crippen molar-refractivity contribution >= 4 is 11.8 Å². The summed E-state index contributed by atoms with van der Waals surface area (Å²) in [6, 6.07) is 20.6. The number of benzene rings is 3. The fraction of sp³-hybridized carbons (Fsp3) is 0.0909. The lowest BCUT2D eigenvalue weighted by atomic mass is 10.1. The van der Waals surface area contributed by atoms with E-state index in [1.165, 1.54) is 24.3 Å². The number of nitrogens with zero attached hydrogens (tertiary/aromatic N) is 3. The molecule has 0 amide bonds. The van der Waals surface area contributed by atoms with E-state index in [9.17, 15) is 17.6 Å². The summed E-state index contributed by atoms with van der Waals surface area (Å²) in [5, 5.41) is 8.86. The minimum absolute atomic E-state index is 0.0735. The van der Waals surface area contributed by atoms with Crippen LogP contribution in [0, 0.1) is 5.82 Å². The normalized spacial score (nSPS) is 11.6. The molecule has 30 heavy (non-hydrogen) atoms. The van der Waals surface area contributed by atoms with Gasteiger partial charge in [-0.2, -0.15) is 13.2 Å². The Kier molecular flexibility index (Phi) is 5.59. The van der Waals surface area contributed by atoms with Gasteiger partial charge >= 0.3 is 6.18 Å². The van der Waals surface area contributed by atoms with Crippen molar-refractivity contribution in [2.45, 2.75) is 17.1 Å². The second-order valence-electron chi connectivity index (χ2n) is 6.43. The molecule has 0 aliphatic carbocycles. The molecule has 3 aromatic carbocycles. The molecular formula is C22H15F4N3S. The van der Waals surface area contributed by atoms with Crippen molar-refractivity contribution in [3.05, 3.63) is 95.8 Å². The summed E-state index contributed by atoms with van der Waals surface area (Å²) in [6.45, 7) is 0. The first-order chi connectivity index (χ1) is 14.4. The second-order valence-corrected chi connectivity index (χ2v) is 7.37. The lowest BCUT2D eigenvalue weighted by Crippen LogP contribution is -2.08. The Morgan fingerprint density at radius 1 is 0.800 bits per heavy atom. The first-order valence-corrected chi connectivity index (χ1v) is 9.97. The predicted octanol–water partition coefficient (Wildman–Crippen LogP) is 6.38. The van der Waals surface area contributed by atoms with Crippen molar-refractivity contribution in [2.75, 3.05) is 0 Å². The molecule has 152 valence electrons. The number of para-hydroxylation sites is 1. The Bertz CT molecular complexity index is 1140. The molecule has 0 fully saturated rings. The molecule has 3 nitrogen and oxygen atoms in total. The van der Waals surface area contributed by atoms with Crippen LogP contribution in [0.3, 0.4) is 0 Å². The molecule has 0 spiro atoms.